The third-order valence-corrected chi connectivity index (χ3v) is 6.03. The van der Waals surface area contributed by atoms with Gasteiger partial charge in [0.05, 0.1) is 11.4 Å². The highest BCUT2D eigenvalue weighted by Gasteiger charge is 2.27. The first-order valence-electron chi connectivity index (χ1n) is 9.60. The summed E-state index contributed by atoms with van der Waals surface area (Å²) >= 11 is 1.06. The number of nitrogens with zero attached hydrogens (tertiary/aromatic N) is 3. The zero-order valence-electron chi connectivity index (χ0n) is 16.7. The van der Waals surface area contributed by atoms with Gasteiger partial charge < -0.3 is 10.2 Å². The van der Waals surface area contributed by atoms with Gasteiger partial charge in [-0.05, 0) is 67.4 Å². The predicted molar refractivity (Wildman–Crippen MR) is 115 cm³/mol. The quantitative estimate of drug-likeness (QED) is 0.625. The molecular weight excluding hydrogens is 403 g/mol. The van der Waals surface area contributed by atoms with Crippen LogP contribution in [-0.4, -0.2) is 39.9 Å². The fourth-order valence-electron chi connectivity index (χ4n) is 3.44. The van der Waals surface area contributed by atoms with Crippen molar-refractivity contribution in [3.63, 3.8) is 0 Å². The second kappa shape index (κ2) is 8.31. The molecule has 2 aromatic carbocycles. The van der Waals surface area contributed by atoms with Gasteiger partial charge in [-0.15, -0.1) is 0 Å². The Hall–Kier alpha value is -3.13. The lowest BCUT2D eigenvalue weighted by atomic mass is 10.2. The Labute approximate surface area is 178 Å². The average molecular weight is 425 g/mol. The topological polar surface area (TPSA) is 67.2 Å². The van der Waals surface area contributed by atoms with E-state index in [0.29, 0.717) is 16.3 Å². The first-order chi connectivity index (χ1) is 14.4. The number of amides is 2. The number of benzene rings is 2. The molecule has 6 nitrogen and oxygen atoms in total. The van der Waals surface area contributed by atoms with E-state index in [4.69, 9.17) is 0 Å². The van der Waals surface area contributed by atoms with Gasteiger partial charge in [-0.1, -0.05) is 12.1 Å². The van der Waals surface area contributed by atoms with Crippen molar-refractivity contribution in [2.75, 3.05) is 19.4 Å². The van der Waals surface area contributed by atoms with Crippen molar-refractivity contribution in [1.29, 1.82) is 0 Å². The lowest BCUT2D eigenvalue weighted by Crippen LogP contribution is -2.18. The normalized spacial score (nSPS) is 12.5. The molecule has 8 heteroatoms. The Balaban J connectivity index is 1.63. The van der Waals surface area contributed by atoms with Gasteiger partial charge in [-0.2, -0.15) is 5.10 Å². The molecule has 1 N–H and O–H groups in total. The molecule has 4 rings (SSSR count). The highest BCUT2D eigenvalue weighted by molar-refractivity contribution is 8.13. The molecule has 2 amide bonds. The highest BCUT2D eigenvalue weighted by atomic mass is 32.2. The van der Waals surface area contributed by atoms with E-state index in [1.165, 1.54) is 17.0 Å². The van der Waals surface area contributed by atoms with Gasteiger partial charge in [0, 0.05) is 30.2 Å². The number of hydrogen-bond acceptors (Lipinski definition) is 4. The molecule has 0 bridgehead atoms. The molecule has 1 heterocycles. The second-order valence-electron chi connectivity index (χ2n) is 7.23. The maximum atomic E-state index is 13.3. The number of carbonyl (C=O) groups is 2. The maximum absolute atomic E-state index is 13.3. The molecule has 0 aliphatic heterocycles. The van der Waals surface area contributed by atoms with Crippen molar-refractivity contribution in [3.05, 3.63) is 71.3 Å². The second-order valence-corrected chi connectivity index (χ2v) is 8.22. The summed E-state index contributed by atoms with van der Waals surface area (Å²) in [6, 6.07) is 13.3. The number of carbonyl (C=O) groups excluding carboxylic acids is 2. The van der Waals surface area contributed by atoms with E-state index in [-0.39, 0.29) is 17.0 Å². The standard InChI is InChI=1S/C22H21FN4O2S/c1-26(2)22(29)30-19-9-4-3-7-17(19)24-21(28)20-16-6-5-8-18(16)27(25-20)15-12-10-14(23)11-13-15/h3-4,7,9-13H,5-6,8H2,1-2H3,(H,24,28). The Morgan fingerprint density at radius 1 is 1.10 bits per heavy atom. The molecule has 0 spiro atoms. The van der Waals surface area contributed by atoms with Gasteiger partial charge in [0.25, 0.3) is 11.1 Å². The molecule has 30 heavy (non-hydrogen) atoms. The van der Waals surface area contributed by atoms with Crippen LogP contribution in [0.4, 0.5) is 14.9 Å². The molecule has 1 aliphatic carbocycles. The van der Waals surface area contributed by atoms with Crippen LogP contribution in [0.1, 0.15) is 28.2 Å². The van der Waals surface area contributed by atoms with Crippen LogP contribution in [0.15, 0.2) is 53.4 Å². The summed E-state index contributed by atoms with van der Waals surface area (Å²) in [5, 5.41) is 7.33. The average Bonchev–Trinajstić information content (AvgIpc) is 3.33. The van der Waals surface area contributed by atoms with Crippen LogP contribution in [0, 0.1) is 5.82 Å². The smallest absolute Gasteiger partial charge is 0.286 e. The number of rotatable bonds is 4. The van der Waals surface area contributed by atoms with Crippen molar-refractivity contribution in [2.45, 2.75) is 24.2 Å². The van der Waals surface area contributed by atoms with Crippen LogP contribution >= 0.6 is 11.8 Å². The SMILES string of the molecule is CN(C)C(=O)Sc1ccccc1NC(=O)c1nn(-c2ccc(F)cc2)c2c1CCC2. The molecule has 0 atom stereocenters. The van der Waals surface area contributed by atoms with Crippen molar-refractivity contribution in [3.8, 4) is 5.69 Å². The number of aromatic nitrogens is 2. The van der Waals surface area contributed by atoms with Crippen molar-refractivity contribution < 1.29 is 14.0 Å². The van der Waals surface area contributed by atoms with Gasteiger partial charge >= 0.3 is 0 Å². The first kappa shape index (κ1) is 20.2. The van der Waals surface area contributed by atoms with Gasteiger partial charge in [0.15, 0.2) is 5.69 Å². The largest absolute Gasteiger partial charge is 0.339 e. The third-order valence-electron chi connectivity index (χ3n) is 4.91. The summed E-state index contributed by atoms with van der Waals surface area (Å²) in [5.41, 5.74) is 3.56. The Bertz CT molecular complexity index is 1110. The molecule has 0 unspecified atom stereocenters. The molecule has 3 aromatic rings. The van der Waals surface area contributed by atoms with E-state index < -0.39 is 0 Å². The van der Waals surface area contributed by atoms with E-state index in [9.17, 15) is 14.0 Å². The van der Waals surface area contributed by atoms with E-state index in [2.05, 4.69) is 10.4 Å². The van der Waals surface area contributed by atoms with Crippen molar-refractivity contribution in [1.82, 2.24) is 14.7 Å². The van der Waals surface area contributed by atoms with Crippen LogP contribution in [0.25, 0.3) is 5.69 Å². The highest BCUT2D eigenvalue weighted by Crippen LogP contribution is 2.31. The number of thioether (sulfide) groups is 1. The van der Waals surface area contributed by atoms with E-state index >= 15 is 0 Å². The molecule has 0 saturated carbocycles. The molecule has 1 aliphatic rings. The van der Waals surface area contributed by atoms with Crippen LogP contribution in [-0.2, 0) is 12.8 Å². The van der Waals surface area contributed by atoms with Crippen molar-refractivity contribution >= 4 is 28.6 Å². The Morgan fingerprint density at radius 2 is 1.83 bits per heavy atom. The summed E-state index contributed by atoms with van der Waals surface area (Å²) in [5.74, 6) is -0.638. The van der Waals surface area contributed by atoms with E-state index in [1.54, 1.807) is 49.1 Å². The molecule has 0 fully saturated rings. The minimum atomic E-state index is -0.320. The summed E-state index contributed by atoms with van der Waals surface area (Å²) in [6.45, 7) is 0. The summed E-state index contributed by atoms with van der Waals surface area (Å²) in [7, 11) is 3.36. The molecular formula is C22H21FN4O2S. The van der Waals surface area contributed by atoms with Gasteiger partial charge in [-0.25, -0.2) is 9.07 Å². The predicted octanol–water partition coefficient (Wildman–Crippen LogP) is 4.53. The van der Waals surface area contributed by atoms with Crippen molar-refractivity contribution in [2.24, 2.45) is 0 Å². The Kier molecular flexibility index (Phi) is 5.59. The first-order valence-corrected chi connectivity index (χ1v) is 10.4. The number of anilines is 1. The van der Waals surface area contributed by atoms with Crippen LogP contribution < -0.4 is 5.32 Å². The zero-order chi connectivity index (χ0) is 21.3. The number of fused-ring (bicyclic) bond motifs is 1. The molecule has 154 valence electrons. The Morgan fingerprint density at radius 3 is 2.57 bits per heavy atom. The monoisotopic (exact) mass is 424 g/mol. The van der Waals surface area contributed by atoms with Crippen LogP contribution in [0.3, 0.4) is 0 Å². The lowest BCUT2D eigenvalue weighted by molar-refractivity contribution is 0.102. The fraction of sp³-hybridized carbons (Fsp3) is 0.227. The third kappa shape index (κ3) is 3.95. The maximum Gasteiger partial charge on any atom is 0.286 e. The van der Waals surface area contributed by atoms with Crippen LogP contribution in [0.2, 0.25) is 0 Å². The zero-order valence-corrected chi connectivity index (χ0v) is 17.5. The van der Waals surface area contributed by atoms with Gasteiger partial charge in [0.2, 0.25) is 0 Å². The number of halogens is 1. The van der Waals surface area contributed by atoms with E-state index in [0.717, 1.165) is 48.0 Å². The van der Waals surface area contributed by atoms with Gasteiger partial charge in [0.1, 0.15) is 5.82 Å². The van der Waals surface area contributed by atoms with E-state index in [1.807, 2.05) is 6.07 Å². The minimum absolute atomic E-state index is 0.127. The molecule has 0 saturated heterocycles. The van der Waals surface area contributed by atoms with Crippen LogP contribution in [0.5, 0.6) is 0 Å². The lowest BCUT2D eigenvalue weighted by Gasteiger charge is -2.13. The molecule has 1 aromatic heterocycles. The molecule has 0 radical (unpaired) electrons. The number of para-hydroxylation sites is 1. The summed E-state index contributed by atoms with van der Waals surface area (Å²) < 4.78 is 15.0. The van der Waals surface area contributed by atoms with Gasteiger partial charge in [-0.3, -0.25) is 9.59 Å². The number of nitrogens with one attached hydrogen (secondary N) is 1. The number of hydrogen-bond donors (Lipinski definition) is 1. The fourth-order valence-corrected chi connectivity index (χ4v) is 4.19. The summed E-state index contributed by atoms with van der Waals surface area (Å²) in [6.07, 6.45) is 2.53. The summed E-state index contributed by atoms with van der Waals surface area (Å²) in [4.78, 5) is 27.3. The minimum Gasteiger partial charge on any atom is -0.339 e.